The first-order chi connectivity index (χ1) is 10.7. The second kappa shape index (κ2) is 6.52. The van der Waals surface area contributed by atoms with E-state index in [1.807, 2.05) is 6.92 Å². The van der Waals surface area contributed by atoms with Crippen molar-refractivity contribution in [1.29, 1.82) is 0 Å². The van der Waals surface area contributed by atoms with Crippen LogP contribution in [0.5, 0.6) is 0 Å². The Hall–Kier alpha value is -2.18. The third-order valence-electron chi connectivity index (χ3n) is 3.94. The molecule has 0 saturated carbocycles. The fourth-order valence-corrected chi connectivity index (χ4v) is 2.87. The monoisotopic (exact) mass is 326 g/mol. The van der Waals surface area contributed by atoms with Crippen LogP contribution < -0.4 is 5.32 Å². The fourth-order valence-electron chi connectivity index (χ4n) is 2.87. The van der Waals surface area contributed by atoms with Crippen LogP contribution in [0.25, 0.3) is 0 Å². The summed E-state index contributed by atoms with van der Waals surface area (Å²) in [6.45, 7) is 3.11. The lowest BCUT2D eigenvalue weighted by atomic mass is 9.91. The van der Waals surface area contributed by atoms with Gasteiger partial charge in [0, 0.05) is 25.6 Å². The van der Waals surface area contributed by atoms with E-state index in [1.165, 1.54) is 23.1 Å². The standard InChI is InChI=1S/C16H20F2N2O3/c1-10-7-11(14(21)22)9-20(8-10)15(23)19-13-6-4-3-5-12(13)16(2,17)18/h3-6,10-11H,7-9H2,1-2H3,(H,19,23)(H,21,22). The molecule has 2 N–H and O–H groups in total. The summed E-state index contributed by atoms with van der Waals surface area (Å²) in [6.07, 6.45) is 0.503. The van der Waals surface area contributed by atoms with Gasteiger partial charge < -0.3 is 15.3 Å². The van der Waals surface area contributed by atoms with E-state index in [9.17, 15) is 18.4 Å². The Kier molecular flexibility index (Phi) is 4.87. The van der Waals surface area contributed by atoms with Crippen molar-refractivity contribution in [1.82, 2.24) is 4.90 Å². The summed E-state index contributed by atoms with van der Waals surface area (Å²) >= 11 is 0. The Morgan fingerprint density at radius 2 is 1.96 bits per heavy atom. The first-order valence-electron chi connectivity index (χ1n) is 7.44. The van der Waals surface area contributed by atoms with Gasteiger partial charge in [0.05, 0.1) is 11.6 Å². The van der Waals surface area contributed by atoms with Crippen molar-refractivity contribution < 1.29 is 23.5 Å². The van der Waals surface area contributed by atoms with E-state index < -0.39 is 23.8 Å². The Labute approximate surface area is 133 Å². The molecule has 0 aromatic heterocycles. The van der Waals surface area contributed by atoms with Crippen LogP contribution in [0.2, 0.25) is 0 Å². The molecule has 1 fully saturated rings. The van der Waals surface area contributed by atoms with E-state index in [2.05, 4.69) is 5.32 Å². The molecule has 0 aliphatic carbocycles. The molecular weight excluding hydrogens is 306 g/mol. The van der Waals surface area contributed by atoms with Gasteiger partial charge in [0.15, 0.2) is 0 Å². The zero-order valence-corrected chi connectivity index (χ0v) is 13.1. The smallest absolute Gasteiger partial charge is 0.321 e. The number of halogens is 2. The molecule has 23 heavy (non-hydrogen) atoms. The Morgan fingerprint density at radius 1 is 1.30 bits per heavy atom. The first kappa shape index (κ1) is 17.2. The number of carboxylic acid groups (broad SMARTS) is 1. The maximum absolute atomic E-state index is 13.6. The van der Waals surface area contributed by atoms with E-state index in [-0.39, 0.29) is 23.7 Å². The number of piperidine rings is 1. The average Bonchev–Trinajstić information content (AvgIpc) is 2.46. The van der Waals surface area contributed by atoms with Crippen molar-refractivity contribution in [2.24, 2.45) is 11.8 Å². The highest BCUT2D eigenvalue weighted by molar-refractivity contribution is 5.90. The number of aliphatic carboxylic acids is 1. The summed E-state index contributed by atoms with van der Waals surface area (Å²) < 4.78 is 27.2. The minimum Gasteiger partial charge on any atom is -0.481 e. The number of likely N-dealkylation sites (tertiary alicyclic amines) is 1. The fraction of sp³-hybridized carbons (Fsp3) is 0.500. The predicted octanol–water partition coefficient (Wildman–Crippen LogP) is 3.37. The van der Waals surface area contributed by atoms with Gasteiger partial charge in [-0.2, -0.15) is 0 Å². The number of rotatable bonds is 3. The third-order valence-corrected chi connectivity index (χ3v) is 3.94. The van der Waals surface area contributed by atoms with Gasteiger partial charge in [-0.05, 0) is 18.4 Å². The molecule has 7 heteroatoms. The van der Waals surface area contributed by atoms with E-state index in [1.54, 1.807) is 6.07 Å². The van der Waals surface area contributed by atoms with E-state index in [0.29, 0.717) is 13.0 Å². The van der Waals surface area contributed by atoms with Crippen LogP contribution in [-0.2, 0) is 10.7 Å². The summed E-state index contributed by atoms with van der Waals surface area (Å²) in [5.74, 6) is -4.62. The quantitative estimate of drug-likeness (QED) is 0.895. The van der Waals surface area contributed by atoms with Gasteiger partial charge in [-0.15, -0.1) is 0 Å². The molecule has 1 aromatic carbocycles. The number of para-hydroxylation sites is 1. The largest absolute Gasteiger partial charge is 0.481 e. The summed E-state index contributed by atoms with van der Waals surface area (Å²) in [7, 11) is 0. The average molecular weight is 326 g/mol. The molecule has 1 aromatic rings. The topological polar surface area (TPSA) is 69.6 Å². The number of urea groups is 1. The van der Waals surface area contributed by atoms with Crippen molar-refractivity contribution in [3.63, 3.8) is 0 Å². The summed E-state index contributed by atoms with van der Waals surface area (Å²) in [4.78, 5) is 24.9. The molecule has 1 saturated heterocycles. The minimum absolute atomic E-state index is 0.0371. The number of nitrogens with one attached hydrogen (secondary N) is 1. The van der Waals surface area contributed by atoms with Gasteiger partial charge in [-0.3, -0.25) is 4.79 Å². The number of alkyl halides is 2. The Balaban J connectivity index is 2.15. The molecule has 2 atom stereocenters. The zero-order chi connectivity index (χ0) is 17.2. The highest BCUT2D eigenvalue weighted by Gasteiger charge is 2.33. The van der Waals surface area contributed by atoms with Gasteiger partial charge in [0.25, 0.3) is 5.92 Å². The predicted molar refractivity (Wildman–Crippen MR) is 81.5 cm³/mol. The highest BCUT2D eigenvalue weighted by atomic mass is 19.3. The molecule has 1 aliphatic heterocycles. The number of amides is 2. The van der Waals surface area contributed by atoms with Crippen LogP contribution in [0.4, 0.5) is 19.3 Å². The van der Waals surface area contributed by atoms with Crippen molar-refractivity contribution in [3.8, 4) is 0 Å². The molecule has 5 nitrogen and oxygen atoms in total. The molecule has 2 unspecified atom stereocenters. The molecule has 1 heterocycles. The van der Waals surface area contributed by atoms with Gasteiger partial charge in [-0.25, -0.2) is 13.6 Å². The second-order valence-electron chi connectivity index (χ2n) is 6.15. The Morgan fingerprint density at radius 3 is 2.57 bits per heavy atom. The molecular formula is C16H20F2N2O3. The van der Waals surface area contributed by atoms with Gasteiger partial charge >= 0.3 is 12.0 Å². The first-order valence-corrected chi connectivity index (χ1v) is 7.44. The van der Waals surface area contributed by atoms with Crippen LogP contribution in [0, 0.1) is 11.8 Å². The maximum Gasteiger partial charge on any atom is 0.321 e. The summed E-state index contributed by atoms with van der Waals surface area (Å²) in [6, 6.07) is 5.15. The number of benzene rings is 1. The highest BCUT2D eigenvalue weighted by Crippen LogP contribution is 2.33. The molecule has 0 radical (unpaired) electrons. The van der Waals surface area contributed by atoms with Crippen molar-refractivity contribution >= 4 is 17.7 Å². The number of carbonyl (C=O) groups is 2. The molecule has 0 bridgehead atoms. The lowest BCUT2D eigenvalue weighted by molar-refractivity contribution is -0.143. The number of carbonyl (C=O) groups excluding carboxylic acids is 1. The second-order valence-corrected chi connectivity index (χ2v) is 6.15. The number of hydrogen-bond donors (Lipinski definition) is 2. The van der Waals surface area contributed by atoms with Crippen LogP contribution in [-0.4, -0.2) is 35.1 Å². The van der Waals surface area contributed by atoms with Gasteiger partial charge in [-0.1, -0.05) is 25.1 Å². The summed E-state index contributed by atoms with van der Waals surface area (Å²) in [5.41, 5.74) is -0.233. The maximum atomic E-state index is 13.6. The van der Waals surface area contributed by atoms with E-state index in [0.717, 1.165) is 6.92 Å². The van der Waals surface area contributed by atoms with Crippen LogP contribution in [0.15, 0.2) is 24.3 Å². The number of carboxylic acids is 1. The lowest BCUT2D eigenvalue weighted by Gasteiger charge is -2.34. The zero-order valence-electron chi connectivity index (χ0n) is 13.1. The van der Waals surface area contributed by atoms with Crippen LogP contribution >= 0.6 is 0 Å². The molecule has 126 valence electrons. The van der Waals surface area contributed by atoms with Crippen molar-refractivity contribution in [2.45, 2.75) is 26.2 Å². The SMILES string of the molecule is CC1CC(C(=O)O)CN(C(=O)Nc2ccccc2C(C)(F)F)C1. The molecule has 1 aliphatic rings. The van der Waals surface area contributed by atoms with E-state index >= 15 is 0 Å². The van der Waals surface area contributed by atoms with Gasteiger partial charge in [0.2, 0.25) is 0 Å². The van der Waals surface area contributed by atoms with Crippen molar-refractivity contribution in [3.05, 3.63) is 29.8 Å². The molecule has 0 spiro atoms. The lowest BCUT2D eigenvalue weighted by Crippen LogP contribution is -2.47. The van der Waals surface area contributed by atoms with Crippen LogP contribution in [0.3, 0.4) is 0 Å². The van der Waals surface area contributed by atoms with Crippen LogP contribution in [0.1, 0.15) is 25.8 Å². The number of anilines is 1. The van der Waals surface area contributed by atoms with Gasteiger partial charge in [0.1, 0.15) is 0 Å². The third kappa shape index (κ3) is 4.18. The molecule has 2 rings (SSSR count). The number of nitrogens with zero attached hydrogens (tertiary/aromatic N) is 1. The van der Waals surface area contributed by atoms with E-state index in [4.69, 9.17) is 5.11 Å². The minimum atomic E-state index is -3.08. The number of hydrogen-bond acceptors (Lipinski definition) is 2. The normalized spacial score (nSPS) is 21.8. The molecule has 2 amide bonds. The Bertz CT molecular complexity index is 601. The summed E-state index contributed by atoms with van der Waals surface area (Å²) in [5, 5.41) is 11.6. The van der Waals surface area contributed by atoms with Crippen molar-refractivity contribution in [2.75, 3.05) is 18.4 Å².